The summed E-state index contributed by atoms with van der Waals surface area (Å²) < 4.78 is 5.80. The third-order valence-electron chi connectivity index (χ3n) is 1.81. The standard InChI is InChI=1S/C9H10INO3/c1-14-6-4-2-3-5(7(6)10)8(11)9(12)13/h2-4,8H,11H2,1H3,(H,12,13)/t8-/m0/s1. The van der Waals surface area contributed by atoms with E-state index in [1.165, 1.54) is 7.11 Å². The zero-order valence-corrected chi connectivity index (χ0v) is 9.69. The van der Waals surface area contributed by atoms with Crippen LogP contribution in [0.2, 0.25) is 0 Å². The SMILES string of the molecule is COc1cccc([C@H](N)C(=O)O)c1I. The van der Waals surface area contributed by atoms with Crippen molar-refractivity contribution >= 4 is 28.6 Å². The summed E-state index contributed by atoms with van der Waals surface area (Å²) in [6.07, 6.45) is 0. The molecule has 0 bridgehead atoms. The summed E-state index contributed by atoms with van der Waals surface area (Å²) in [4.78, 5) is 10.7. The molecular formula is C9H10INO3. The van der Waals surface area contributed by atoms with E-state index in [-0.39, 0.29) is 0 Å². The van der Waals surface area contributed by atoms with Gasteiger partial charge in [0.1, 0.15) is 11.8 Å². The lowest BCUT2D eigenvalue weighted by molar-refractivity contribution is -0.138. The van der Waals surface area contributed by atoms with Gasteiger partial charge in [-0.3, -0.25) is 4.79 Å². The minimum absolute atomic E-state index is 0.567. The van der Waals surface area contributed by atoms with Gasteiger partial charge in [0.25, 0.3) is 0 Å². The summed E-state index contributed by atoms with van der Waals surface area (Å²) in [5.41, 5.74) is 6.07. The highest BCUT2D eigenvalue weighted by Gasteiger charge is 2.18. The Morgan fingerprint density at radius 3 is 2.79 bits per heavy atom. The van der Waals surface area contributed by atoms with Crippen LogP contribution in [0.3, 0.4) is 0 Å². The quantitative estimate of drug-likeness (QED) is 0.828. The van der Waals surface area contributed by atoms with E-state index in [4.69, 9.17) is 15.6 Å². The Labute approximate surface area is 95.2 Å². The number of rotatable bonds is 3. The van der Waals surface area contributed by atoms with Gasteiger partial charge in [0.2, 0.25) is 0 Å². The predicted octanol–water partition coefficient (Wildman–Crippen LogP) is 1.38. The number of carboxylic acids is 1. The fraction of sp³-hybridized carbons (Fsp3) is 0.222. The van der Waals surface area contributed by atoms with E-state index < -0.39 is 12.0 Å². The molecule has 1 rings (SSSR count). The van der Waals surface area contributed by atoms with Gasteiger partial charge < -0.3 is 15.6 Å². The van der Waals surface area contributed by atoms with E-state index >= 15 is 0 Å². The number of aliphatic carboxylic acids is 1. The van der Waals surface area contributed by atoms with Crippen LogP contribution in [0, 0.1) is 3.57 Å². The van der Waals surface area contributed by atoms with Crippen molar-refractivity contribution in [3.63, 3.8) is 0 Å². The van der Waals surface area contributed by atoms with Gasteiger partial charge in [-0.15, -0.1) is 0 Å². The zero-order chi connectivity index (χ0) is 10.7. The molecule has 0 fully saturated rings. The molecule has 0 unspecified atom stereocenters. The first-order valence-corrected chi connectivity index (χ1v) is 4.96. The highest BCUT2D eigenvalue weighted by molar-refractivity contribution is 14.1. The maximum absolute atomic E-state index is 10.7. The number of benzene rings is 1. The molecule has 76 valence electrons. The Hall–Kier alpha value is -0.820. The van der Waals surface area contributed by atoms with Crippen molar-refractivity contribution in [2.45, 2.75) is 6.04 Å². The molecule has 1 atom stereocenters. The molecule has 1 aromatic rings. The van der Waals surface area contributed by atoms with E-state index in [1.807, 2.05) is 22.6 Å². The number of hydrogen-bond donors (Lipinski definition) is 2. The van der Waals surface area contributed by atoms with Crippen molar-refractivity contribution in [1.29, 1.82) is 0 Å². The van der Waals surface area contributed by atoms with Gasteiger partial charge in [-0.1, -0.05) is 12.1 Å². The Bertz CT molecular complexity index is 354. The van der Waals surface area contributed by atoms with Gasteiger partial charge in [-0.05, 0) is 34.2 Å². The lowest BCUT2D eigenvalue weighted by Crippen LogP contribution is -2.21. The molecule has 1 aromatic carbocycles. The van der Waals surface area contributed by atoms with Crippen molar-refractivity contribution < 1.29 is 14.6 Å². The molecule has 4 nitrogen and oxygen atoms in total. The van der Waals surface area contributed by atoms with Crippen LogP contribution in [0.4, 0.5) is 0 Å². The monoisotopic (exact) mass is 307 g/mol. The van der Waals surface area contributed by atoms with Crippen LogP contribution in [-0.2, 0) is 4.79 Å². The molecule has 0 amide bonds. The lowest BCUT2D eigenvalue weighted by Gasteiger charge is -2.11. The molecule has 3 N–H and O–H groups in total. The van der Waals surface area contributed by atoms with Crippen molar-refractivity contribution in [3.8, 4) is 5.75 Å². The van der Waals surface area contributed by atoms with Crippen LogP contribution >= 0.6 is 22.6 Å². The fourth-order valence-corrected chi connectivity index (χ4v) is 1.97. The molecule has 0 aliphatic heterocycles. The maximum Gasteiger partial charge on any atom is 0.325 e. The van der Waals surface area contributed by atoms with E-state index in [0.29, 0.717) is 11.3 Å². The molecule has 5 heteroatoms. The number of halogens is 1. The number of carbonyl (C=O) groups is 1. The van der Waals surface area contributed by atoms with Gasteiger partial charge in [-0.2, -0.15) is 0 Å². The first-order chi connectivity index (χ1) is 6.57. The number of ether oxygens (including phenoxy) is 1. The number of nitrogens with two attached hydrogens (primary N) is 1. The number of hydrogen-bond acceptors (Lipinski definition) is 3. The summed E-state index contributed by atoms with van der Waals surface area (Å²) in [6.45, 7) is 0. The minimum atomic E-state index is -1.05. The number of carboxylic acid groups (broad SMARTS) is 1. The molecule has 0 aliphatic rings. The first-order valence-electron chi connectivity index (χ1n) is 3.88. The minimum Gasteiger partial charge on any atom is -0.496 e. The second-order valence-corrected chi connectivity index (χ2v) is 3.76. The Kier molecular flexibility index (Phi) is 3.70. The highest BCUT2D eigenvalue weighted by Crippen LogP contribution is 2.27. The van der Waals surface area contributed by atoms with Crippen LogP contribution in [-0.4, -0.2) is 18.2 Å². The largest absolute Gasteiger partial charge is 0.496 e. The van der Waals surface area contributed by atoms with Gasteiger partial charge >= 0.3 is 5.97 Å². The van der Waals surface area contributed by atoms with Gasteiger partial charge in [-0.25, -0.2) is 0 Å². The third-order valence-corrected chi connectivity index (χ3v) is 2.97. The normalized spacial score (nSPS) is 12.2. The van der Waals surface area contributed by atoms with Crippen molar-refractivity contribution in [1.82, 2.24) is 0 Å². The van der Waals surface area contributed by atoms with Crippen molar-refractivity contribution in [2.75, 3.05) is 7.11 Å². The summed E-state index contributed by atoms with van der Waals surface area (Å²) in [5.74, 6) is -0.407. The second-order valence-electron chi connectivity index (χ2n) is 2.68. The Morgan fingerprint density at radius 2 is 2.29 bits per heavy atom. The molecule has 0 saturated heterocycles. The summed E-state index contributed by atoms with van der Waals surface area (Å²) >= 11 is 2.02. The van der Waals surface area contributed by atoms with E-state index in [0.717, 1.165) is 3.57 Å². The lowest BCUT2D eigenvalue weighted by atomic mass is 10.1. The van der Waals surface area contributed by atoms with Crippen LogP contribution in [0.5, 0.6) is 5.75 Å². The average Bonchev–Trinajstić information content (AvgIpc) is 2.17. The molecule has 0 aromatic heterocycles. The maximum atomic E-state index is 10.7. The summed E-state index contributed by atoms with van der Waals surface area (Å²) in [7, 11) is 1.54. The fourth-order valence-electron chi connectivity index (χ4n) is 1.06. The van der Waals surface area contributed by atoms with Gasteiger partial charge in [0.15, 0.2) is 0 Å². The van der Waals surface area contributed by atoms with Crippen LogP contribution in [0.25, 0.3) is 0 Å². The highest BCUT2D eigenvalue weighted by atomic mass is 127. The third kappa shape index (κ3) is 2.16. The van der Waals surface area contributed by atoms with Crippen molar-refractivity contribution in [2.24, 2.45) is 5.73 Å². The van der Waals surface area contributed by atoms with Gasteiger partial charge in [0, 0.05) is 0 Å². The summed E-state index contributed by atoms with van der Waals surface area (Å²) in [5, 5.41) is 8.75. The molecule has 0 heterocycles. The molecule has 0 spiro atoms. The molecule has 0 aliphatic carbocycles. The second kappa shape index (κ2) is 4.61. The molecule has 0 saturated carbocycles. The van der Waals surface area contributed by atoms with Gasteiger partial charge in [0.05, 0.1) is 10.7 Å². The Morgan fingerprint density at radius 1 is 1.64 bits per heavy atom. The smallest absolute Gasteiger partial charge is 0.325 e. The molecular weight excluding hydrogens is 297 g/mol. The number of methoxy groups -OCH3 is 1. The predicted molar refractivity (Wildman–Crippen MR) is 60.3 cm³/mol. The Balaban J connectivity index is 3.15. The zero-order valence-electron chi connectivity index (χ0n) is 7.53. The van der Waals surface area contributed by atoms with Crippen LogP contribution < -0.4 is 10.5 Å². The van der Waals surface area contributed by atoms with E-state index in [2.05, 4.69) is 0 Å². The topological polar surface area (TPSA) is 72.5 Å². The molecule has 0 radical (unpaired) electrons. The average molecular weight is 307 g/mol. The first kappa shape index (κ1) is 11.3. The van der Waals surface area contributed by atoms with Crippen LogP contribution in [0.15, 0.2) is 18.2 Å². The molecule has 14 heavy (non-hydrogen) atoms. The van der Waals surface area contributed by atoms with Crippen molar-refractivity contribution in [3.05, 3.63) is 27.3 Å². The van der Waals surface area contributed by atoms with E-state index in [1.54, 1.807) is 18.2 Å². The summed E-state index contributed by atoms with van der Waals surface area (Å²) in [6, 6.07) is 4.17. The van der Waals surface area contributed by atoms with E-state index in [9.17, 15) is 4.79 Å². The van der Waals surface area contributed by atoms with Crippen LogP contribution in [0.1, 0.15) is 11.6 Å².